The van der Waals surface area contributed by atoms with Gasteiger partial charge in [-0.05, 0) is 36.5 Å². The van der Waals surface area contributed by atoms with Gasteiger partial charge in [-0.15, -0.1) is 0 Å². The highest BCUT2D eigenvalue weighted by molar-refractivity contribution is 5.80. The molecule has 2 aromatic carbocycles. The van der Waals surface area contributed by atoms with Gasteiger partial charge in [-0.1, -0.05) is 54.6 Å². The molecule has 1 heterocycles. The zero-order chi connectivity index (χ0) is 19.6. The quantitative estimate of drug-likeness (QED) is 0.442. The second kappa shape index (κ2) is 10.5. The molecule has 0 bridgehead atoms. The van der Waals surface area contributed by atoms with E-state index >= 15 is 0 Å². The molecule has 0 aliphatic carbocycles. The van der Waals surface area contributed by atoms with Gasteiger partial charge in [0.2, 0.25) is 5.91 Å². The van der Waals surface area contributed by atoms with E-state index in [2.05, 4.69) is 52.9 Å². The Morgan fingerprint density at radius 3 is 2.57 bits per heavy atom. The zero-order valence-corrected chi connectivity index (χ0v) is 16.7. The standard InChI is InChI=1S/C23H30N4O/c1-2-24-23(26-17-19-9-4-3-5-10-19)25-15-8-13-22(28)27-16-14-20-11-6-7-12-21(20)18-27/h3-7,9-12H,2,8,13-18H2,1H3,(H2,24,25,26). The summed E-state index contributed by atoms with van der Waals surface area (Å²) in [4.78, 5) is 19.1. The summed E-state index contributed by atoms with van der Waals surface area (Å²) in [6, 6.07) is 18.6. The number of rotatable bonds is 7. The SMILES string of the molecule is CCNC(=NCc1ccccc1)NCCCC(=O)N1CCc2ccccc2C1. The van der Waals surface area contributed by atoms with Crippen LogP contribution in [0.5, 0.6) is 0 Å². The Kier molecular flexibility index (Phi) is 7.47. The minimum absolute atomic E-state index is 0.238. The van der Waals surface area contributed by atoms with Crippen LogP contribution < -0.4 is 10.6 Å². The van der Waals surface area contributed by atoms with Crippen molar-refractivity contribution in [1.82, 2.24) is 15.5 Å². The predicted molar refractivity (Wildman–Crippen MR) is 114 cm³/mol. The first kappa shape index (κ1) is 19.9. The Bertz CT molecular complexity index is 788. The number of guanidine groups is 1. The van der Waals surface area contributed by atoms with Crippen molar-refractivity contribution in [2.24, 2.45) is 4.99 Å². The molecule has 148 valence electrons. The third-order valence-corrected chi connectivity index (χ3v) is 4.95. The Morgan fingerprint density at radius 1 is 1.04 bits per heavy atom. The minimum atomic E-state index is 0.238. The molecule has 0 spiro atoms. The first-order chi connectivity index (χ1) is 13.8. The van der Waals surface area contributed by atoms with Gasteiger partial charge < -0.3 is 15.5 Å². The van der Waals surface area contributed by atoms with Gasteiger partial charge in [0.05, 0.1) is 6.54 Å². The van der Waals surface area contributed by atoms with Gasteiger partial charge in [0.15, 0.2) is 5.96 Å². The summed E-state index contributed by atoms with van der Waals surface area (Å²) in [5.41, 5.74) is 3.83. The highest BCUT2D eigenvalue weighted by atomic mass is 16.2. The number of carbonyl (C=O) groups is 1. The average molecular weight is 379 g/mol. The van der Waals surface area contributed by atoms with Gasteiger partial charge in [0, 0.05) is 32.6 Å². The van der Waals surface area contributed by atoms with Crippen molar-refractivity contribution < 1.29 is 4.79 Å². The van der Waals surface area contributed by atoms with Crippen LogP contribution in [0.3, 0.4) is 0 Å². The van der Waals surface area contributed by atoms with Crippen LogP contribution in [-0.4, -0.2) is 36.4 Å². The summed E-state index contributed by atoms with van der Waals surface area (Å²) in [7, 11) is 0. The van der Waals surface area contributed by atoms with E-state index in [-0.39, 0.29) is 5.91 Å². The van der Waals surface area contributed by atoms with Crippen LogP contribution in [0.25, 0.3) is 0 Å². The summed E-state index contributed by atoms with van der Waals surface area (Å²) in [5.74, 6) is 1.04. The van der Waals surface area contributed by atoms with Gasteiger partial charge in [0.1, 0.15) is 0 Å². The lowest BCUT2D eigenvalue weighted by molar-refractivity contribution is -0.132. The maximum atomic E-state index is 12.5. The summed E-state index contributed by atoms with van der Waals surface area (Å²) in [6.07, 6.45) is 2.32. The van der Waals surface area contributed by atoms with E-state index in [1.807, 2.05) is 29.2 Å². The number of fused-ring (bicyclic) bond motifs is 1. The maximum absolute atomic E-state index is 12.5. The largest absolute Gasteiger partial charge is 0.357 e. The normalized spacial score (nSPS) is 13.8. The third-order valence-electron chi connectivity index (χ3n) is 4.95. The van der Waals surface area contributed by atoms with Crippen LogP contribution in [0.15, 0.2) is 59.6 Å². The van der Waals surface area contributed by atoms with Crippen LogP contribution in [0.2, 0.25) is 0 Å². The van der Waals surface area contributed by atoms with E-state index < -0.39 is 0 Å². The van der Waals surface area contributed by atoms with Crippen LogP contribution in [0.1, 0.15) is 36.5 Å². The van der Waals surface area contributed by atoms with Gasteiger partial charge in [-0.25, -0.2) is 4.99 Å². The summed E-state index contributed by atoms with van der Waals surface area (Å²) in [5, 5.41) is 6.59. The molecule has 0 radical (unpaired) electrons. The van der Waals surface area contributed by atoms with Crippen LogP contribution in [-0.2, 0) is 24.3 Å². The van der Waals surface area contributed by atoms with Crippen LogP contribution in [0.4, 0.5) is 0 Å². The smallest absolute Gasteiger partial charge is 0.222 e. The fourth-order valence-corrected chi connectivity index (χ4v) is 3.41. The molecule has 2 N–H and O–H groups in total. The molecule has 0 saturated heterocycles. The molecule has 0 unspecified atom stereocenters. The first-order valence-electron chi connectivity index (χ1n) is 10.2. The number of nitrogens with zero attached hydrogens (tertiary/aromatic N) is 2. The van der Waals surface area contributed by atoms with Gasteiger partial charge in [-0.2, -0.15) is 0 Å². The first-order valence-corrected chi connectivity index (χ1v) is 10.2. The number of nitrogens with one attached hydrogen (secondary N) is 2. The number of carbonyl (C=O) groups excluding carboxylic acids is 1. The van der Waals surface area contributed by atoms with Gasteiger partial charge >= 0.3 is 0 Å². The Labute approximate surface area is 167 Å². The molecule has 5 heteroatoms. The molecule has 0 fully saturated rings. The lowest BCUT2D eigenvalue weighted by Gasteiger charge is -2.29. The topological polar surface area (TPSA) is 56.7 Å². The molecular formula is C23H30N4O. The fourth-order valence-electron chi connectivity index (χ4n) is 3.41. The molecule has 28 heavy (non-hydrogen) atoms. The van der Waals surface area contributed by atoms with Crippen LogP contribution in [0, 0.1) is 0 Å². The summed E-state index contributed by atoms with van der Waals surface area (Å²) >= 11 is 0. The number of hydrogen-bond acceptors (Lipinski definition) is 2. The summed E-state index contributed by atoms with van der Waals surface area (Å²) < 4.78 is 0. The number of benzene rings is 2. The van der Waals surface area contributed by atoms with E-state index in [1.54, 1.807) is 0 Å². The molecule has 1 aliphatic rings. The molecule has 3 rings (SSSR count). The lowest BCUT2D eigenvalue weighted by Crippen LogP contribution is -2.39. The van der Waals surface area contributed by atoms with Crippen LogP contribution >= 0.6 is 0 Å². The highest BCUT2D eigenvalue weighted by Crippen LogP contribution is 2.19. The van der Waals surface area contributed by atoms with Crippen molar-refractivity contribution in [1.29, 1.82) is 0 Å². The van der Waals surface area contributed by atoms with Crippen molar-refractivity contribution >= 4 is 11.9 Å². The number of hydrogen-bond donors (Lipinski definition) is 2. The highest BCUT2D eigenvalue weighted by Gasteiger charge is 2.19. The summed E-state index contributed by atoms with van der Waals surface area (Å²) in [6.45, 7) is 5.80. The monoisotopic (exact) mass is 378 g/mol. The molecule has 1 aliphatic heterocycles. The second-order valence-electron chi connectivity index (χ2n) is 7.05. The molecule has 0 saturated carbocycles. The maximum Gasteiger partial charge on any atom is 0.222 e. The van der Waals surface area contributed by atoms with Crippen molar-refractivity contribution in [2.75, 3.05) is 19.6 Å². The minimum Gasteiger partial charge on any atom is -0.357 e. The third kappa shape index (κ3) is 5.84. The lowest BCUT2D eigenvalue weighted by atomic mass is 9.99. The molecule has 0 aromatic heterocycles. The molecule has 1 amide bonds. The Balaban J connectivity index is 1.41. The van der Waals surface area contributed by atoms with E-state index in [1.165, 1.54) is 16.7 Å². The van der Waals surface area contributed by atoms with Crippen molar-refractivity contribution in [3.63, 3.8) is 0 Å². The van der Waals surface area contributed by atoms with Crippen molar-refractivity contribution in [3.05, 3.63) is 71.3 Å². The Hall–Kier alpha value is -2.82. The van der Waals surface area contributed by atoms with E-state index in [0.717, 1.165) is 45.0 Å². The van der Waals surface area contributed by atoms with Gasteiger partial charge in [0.25, 0.3) is 0 Å². The molecular weight excluding hydrogens is 348 g/mol. The predicted octanol–water partition coefficient (Wildman–Crippen LogP) is 3.11. The van der Waals surface area contributed by atoms with Crippen molar-refractivity contribution in [3.8, 4) is 0 Å². The molecule has 0 atom stereocenters. The molecule has 5 nitrogen and oxygen atoms in total. The van der Waals surface area contributed by atoms with Gasteiger partial charge in [-0.3, -0.25) is 4.79 Å². The average Bonchev–Trinajstić information content (AvgIpc) is 2.75. The van der Waals surface area contributed by atoms with E-state index in [0.29, 0.717) is 13.0 Å². The second-order valence-corrected chi connectivity index (χ2v) is 7.05. The number of amides is 1. The molecule has 2 aromatic rings. The fraction of sp³-hybridized carbons (Fsp3) is 0.391. The van der Waals surface area contributed by atoms with E-state index in [4.69, 9.17) is 0 Å². The van der Waals surface area contributed by atoms with Crippen molar-refractivity contribution in [2.45, 2.75) is 39.3 Å². The Morgan fingerprint density at radius 2 is 1.79 bits per heavy atom. The van der Waals surface area contributed by atoms with E-state index in [9.17, 15) is 4.79 Å². The zero-order valence-electron chi connectivity index (χ0n) is 16.7. The number of aliphatic imine (C=N–C) groups is 1.